The Bertz CT molecular complexity index is 374. The van der Waals surface area contributed by atoms with E-state index in [4.69, 9.17) is 15.3 Å². The lowest BCUT2D eigenvalue weighted by Gasteiger charge is -1.96. The number of nitrogens with two attached hydrogens (primary N) is 1. The number of fused-ring (bicyclic) bond motifs is 1. The highest BCUT2D eigenvalue weighted by molar-refractivity contribution is 5.75. The summed E-state index contributed by atoms with van der Waals surface area (Å²) in [7, 11) is 0. The molecule has 70 valence electrons. The second-order valence-electron chi connectivity index (χ2n) is 2.60. The van der Waals surface area contributed by atoms with Crippen molar-refractivity contribution >= 4 is 23.1 Å². The van der Waals surface area contributed by atoms with Crippen LogP contribution in [0.3, 0.4) is 0 Å². The molecule has 0 amide bonds. The zero-order valence-corrected chi connectivity index (χ0v) is 6.87. The second-order valence-corrected chi connectivity index (χ2v) is 2.60. The summed E-state index contributed by atoms with van der Waals surface area (Å²) in [6.07, 6.45) is 0. The fraction of sp³-hybridized carbons (Fsp3) is 0.286. The molecule has 0 aliphatic carbocycles. The number of aliphatic hydroxyl groups is 1. The van der Waals surface area contributed by atoms with Crippen molar-refractivity contribution in [2.45, 2.75) is 0 Å². The Labute approximate surface area is 73.8 Å². The average Bonchev–Trinajstić information content (AvgIpc) is 2.57. The lowest BCUT2D eigenvalue weighted by Crippen LogP contribution is -2.06. The summed E-state index contributed by atoms with van der Waals surface area (Å²) in [6, 6.07) is 1.66. The number of nitrogens with one attached hydrogen (secondary N) is 2. The van der Waals surface area contributed by atoms with Gasteiger partial charge in [0.1, 0.15) is 5.52 Å². The van der Waals surface area contributed by atoms with Crippen molar-refractivity contribution in [3.63, 3.8) is 0 Å². The van der Waals surface area contributed by atoms with E-state index >= 15 is 0 Å². The number of aliphatic hydroxyl groups excluding tert-OH is 1. The van der Waals surface area contributed by atoms with Gasteiger partial charge in [0.05, 0.1) is 6.61 Å². The molecule has 5 N–H and O–H groups in total. The molecule has 0 aliphatic heterocycles. The predicted octanol–water partition coefficient (Wildman–Crippen LogP) is 0.142. The minimum atomic E-state index is 0.0597. The number of aromatic amines is 1. The third kappa shape index (κ3) is 1.43. The van der Waals surface area contributed by atoms with Crippen molar-refractivity contribution in [1.82, 2.24) is 9.97 Å². The van der Waals surface area contributed by atoms with Crippen LogP contribution in [-0.4, -0.2) is 28.2 Å². The lowest BCUT2D eigenvalue weighted by molar-refractivity contribution is 0.311. The van der Waals surface area contributed by atoms with Crippen LogP contribution in [0.1, 0.15) is 0 Å². The lowest BCUT2D eigenvalue weighted by atomic mass is 10.5. The maximum Gasteiger partial charge on any atom is 0.248 e. The molecule has 0 fully saturated rings. The highest BCUT2D eigenvalue weighted by Gasteiger charge is 2.06. The molecule has 0 saturated carbocycles. The number of rotatable bonds is 3. The molecule has 0 unspecified atom stereocenters. The molecule has 6 heteroatoms. The predicted molar refractivity (Wildman–Crippen MR) is 48.3 cm³/mol. The number of anilines is 2. The average molecular weight is 182 g/mol. The summed E-state index contributed by atoms with van der Waals surface area (Å²) >= 11 is 0. The zero-order valence-electron chi connectivity index (χ0n) is 6.87. The molecule has 6 nitrogen and oxygen atoms in total. The fourth-order valence-corrected chi connectivity index (χ4v) is 1.09. The molecule has 2 aromatic rings. The van der Waals surface area contributed by atoms with Gasteiger partial charge in [0, 0.05) is 12.6 Å². The number of H-pyrrole nitrogens is 1. The van der Waals surface area contributed by atoms with Gasteiger partial charge in [0.2, 0.25) is 11.7 Å². The Kier molecular flexibility index (Phi) is 1.82. The molecule has 0 atom stereocenters. The van der Waals surface area contributed by atoms with Gasteiger partial charge in [-0.05, 0) is 0 Å². The monoisotopic (exact) mass is 182 g/mol. The topological polar surface area (TPSA) is 100 Å². The van der Waals surface area contributed by atoms with Gasteiger partial charge in [0.15, 0.2) is 5.88 Å². The standard InChI is InChI=1S/C7H10N4O2/c8-5-3-4-6(13-5)11-7(10-4)9-1-2-12/h3,12H,1-2,8H2,(H2,9,10,11). The highest BCUT2D eigenvalue weighted by atomic mass is 16.4. The number of imidazole rings is 1. The van der Waals surface area contributed by atoms with Crippen LogP contribution < -0.4 is 11.1 Å². The number of aromatic nitrogens is 2. The van der Waals surface area contributed by atoms with E-state index < -0.39 is 0 Å². The normalized spacial score (nSPS) is 10.8. The largest absolute Gasteiger partial charge is 0.421 e. The molecule has 0 aliphatic rings. The molecule has 2 aromatic heterocycles. The Hall–Kier alpha value is -1.69. The maximum atomic E-state index is 8.55. The number of furan rings is 1. The molecule has 2 rings (SSSR count). The van der Waals surface area contributed by atoms with E-state index in [2.05, 4.69) is 15.3 Å². The first-order valence-electron chi connectivity index (χ1n) is 3.89. The minimum absolute atomic E-state index is 0.0597. The quantitative estimate of drug-likeness (QED) is 0.541. The van der Waals surface area contributed by atoms with Crippen molar-refractivity contribution in [3.05, 3.63) is 6.07 Å². The number of hydrogen-bond donors (Lipinski definition) is 4. The molecule has 0 bridgehead atoms. The molecular formula is C7H10N4O2. The van der Waals surface area contributed by atoms with Crippen LogP contribution in [0.4, 0.5) is 11.8 Å². The van der Waals surface area contributed by atoms with Gasteiger partial charge in [-0.1, -0.05) is 0 Å². The molecule has 0 spiro atoms. The van der Waals surface area contributed by atoms with Crippen LogP contribution in [0.5, 0.6) is 0 Å². The Balaban J connectivity index is 2.24. The summed E-state index contributed by atoms with van der Waals surface area (Å²) in [6.45, 7) is 0.510. The SMILES string of the molecule is Nc1cc2[nH]c(NCCO)nc2o1. The first-order chi connectivity index (χ1) is 6.29. The second kappa shape index (κ2) is 2.98. The van der Waals surface area contributed by atoms with Crippen LogP contribution in [0.25, 0.3) is 11.2 Å². The van der Waals surface area contributed by atoms with E-state index in [0.717, 1.165) is 5.52 Å². The summed E-state index contributed by atoms with van der Waals surface area (Å²) < 4.78 is 5.06. The van der Waals surface area contributed by atoms with Gasteiger partial charge < -0.3 is 25.6 Å². The third-order valence-corrected chi connectivity index (χ3v) is 1.60. The van der Waals surface area contributed by atoms with E-state index in [0.29, 0.717) is 24.1 Å². The highest BCUT2D eigenvalue weighted by Crippen LogP contribution is 2.19. The van der Waals surface area contributed by atoms with Crippen molar-refractivity contribution < 1.29 is 9.52 Å². The van der Waals surface area contributed by atoms with Crippen molar-refractivity contribution in [3.8, 4) is 0 Å². The summed E-state index contributed by atoms with van der Waals surface area (Å²) in [4.78, 5) is 6.99. The van der Waals surface area contributed by atoms with Crippen molar-refractivity contribution in [1.29, 1.82) is 0 Å². The van der Waals surface area contributed by atoms with Crippen LogP contribution >= 0.6 is 0 Å². The Morgan fingerprint density at radius 1 is 1.69 bits per heavy atom. The fourth-order valence-electron chi connectivity index (χ4n) is 1.09. The molecular weight excluding hydrogens is 172 g/mol. The van der Waals surface area contributed by atoms with Crippen LogP contribution in [0.15, 0.2) is 10.5 Å². The third-order valence-electron chi connectivity index (χ3n) is 1.60. The van der Waals surface area contributed by atoms with Gasteiger partial charge >= 0.3 is 0 Å². The van der Waals surface area contributed by atoms with Crippen LogP contribution in [0, 0.1) is 0 Å². The van der Waals surface area contributed by atoms with Gasteiger partial charge in [0.25, 0.3) is 0 Å². The van der Waals surface area contributed by atoms with Crippen molar-refractivity contribution in [2.24, 2.45) is 0 Å². The van der Waals surface area contributed by atoms with E-state index in [-0.39, 0.29) is 6.61 Å². The van der Waals surface area contributed by atoms with Gasteiger partial charge in [-0.25, -0.2) is 0 Å². The first kappa shape index (κ1) is 7.93. The summed E-state index contributed by atoms with van der Waals surface area (Å²) in [5, 5.41) is 11.4. The molecule has 2 heterocycles. The van der Waals surface area contributed by atoms with Crippen LogP contribution in [0.2, 0.25) is 0 Å². The number of nitrogen functional groups attached to an aromatic ring is 1. The molecule has 13 heavy (non-hydrogen) atoms. The smallest absolute Gasteiger partial charge is 0.248 e. The van der Waals surface area contributed by atoms with E-state index in [9.17, 15) is 0 Å². The van der Waals surface area contributed by atoms with Gasteiger partial charge in [-0.3, -0.25) is 0 Å². The maximum absolute atomic E-state index is 8.55. The number of hydrogen-bond acceptors (Lipinski definition) is 5. The summed E-state index contributed by atoms with van der Waals surface area (Å²) in [5.74, 6) is 0.908. The molecule has 0 aromatic carbocycles. The van der Waals surface area contributed by atoms with Crippen LogP contribution in [-0.2, 0) is 0 Å². The minimum Gasteiger partial charge on any atom is -0.421 e. The summed E-state index contributed by atoms with van der Waals surface area (Å²) in [5.41, 5.74) is 6.62. The van der Waals surface area contributed by atoms with Gasteiger partial charge in [-0.15, -0.1) is 0 Å². The van der Waals surface area contributed by atoms with E-state index in [1.807, 2.05) is 0 Å². The van der Waals surface area contributed by atoms with Crippen molar-refractivity contribution in [2.75, 3.05) is 24.2 Å². The zero-order chi connectivity index (χ0) is 9.26. The Morgan fingerprint density at radius 3 is 3.23 bits per heavy atom. The molecule has 0 saturated heterocycles. The van der Waals surface area contributed by atoms with E-state index in [1.165, 1.54) is 0 Å². The molecule has 0 radical (unpaired) electrons. The first-order valence-corrected chi connectivity index (χ1v) is 3.89. The number of nitrogens with zero attached hydrogens (tertiary/aromatic N) is 1. The van der Waals surface area contributed by atoms with E-state index in [1.54, 1.807) is 6.07 Å². The Morgan fingerprint density at radius 2 is 2.54 bits per heavy atom. The van der Waals surface area contributed by atoms with Gasteiger partial charge in [-0.2, -0.15) is 4.98 Å².